The number of carboxylic acid groups (broad SMARTS) is 1. The third-order valence-electron chi connectivity index (χ3n) is 6.83. The number of hydrogen-bond acceptors (Lipinski definition) is 7. The number of nitrogens with one attached hydrogen (secondary N) is 3. The molecule has 184 valence electrons. The molecule has 3 aromatic rings. The van der Waals surface area contributed by atoms with Gasteiger partial charge in [-0.2, -0.15) is 15.0 Å². The SMILES string of the molecule is Cc1cccc(CNc2nc(NCc3ccccc3)nc(NCC3CCC(C(=O)O)CC3)n2)c1C. The maximum Gasteiger partial charge on any atom is 0.306 e. The Morgan fingerprint density at radius 3 is 2.11 bits per heavy atom. The molecule has 1 aliphatic rings. The molecule has 0 unspecified atom stereocenters. The second-order valence-corrected chi connectivity index (χ2v) is 9.29. The molecule has 1 heterocycles. The highest BCUT2D eigenvalue weighted by Crippen LogP contribution is 2.29. The Bertz CT molecular complexity index is 1130. The van der Waals surface area contributed by atoms with Gasteiger partial charge in [-0.05, 0) is 67.7 Å². The van der Waals surface area contributed by atoms with E-state index in [1.54, 1.807) is 0 Å². The van der Waals surface area contributed by atoms with Crippen LogP contribution >= 0.6 is 0 Å². The quantitative estimate of drug-likeness (QED) is 0.324. The van der Waals surface area contributed by atoms with Gasteiger partial charge in [0.15, 0.2) is 0 Å². The molecule has 0 amide bonds. The molecule has 1 saturated carbocycles. The predicted molar refractivity (Wildman–Crippen MR) is 138 cm³/mol. The molecule has 1 fully saturated rings. The lowest BCUT2D eigenvalue weighted by atomic mass is 9.82. The fourth-order valence-electron chi connectivity index (χ4n) is 4.42. The van der Waals surface area contributed by atoms with Crippen LogP contribution in [0, 0.1) is 25.7 Å². The van der Waals surface area contributed by atoms with Crippen LogP contribution < -0.4 is 16.0 Å². The van der Waals surface area contributed by atoms with Gasteiger partial charge >= 0.3 is 5.97 Å². The van der Waals surface area contributed by atoms with E-state index < -0.39 is 5.97 Å². The molecular weight excluding hydrogens is 440 g/mol. The topological polar surface area (TPSA) is 112 Å². The van der Waals surface area contributed by atoms with E-state index in [9.17, 15) is 9.90 Å². The number of hydrogen-bond donors (Lipinski definition) is 4. The van der Waals surface area contributed by atoms with Gasteiger partial charge in [-0.3, -0.25) is 4.79 Å². The molecule has 35 heavy (non-hydrogen) atoms. The Kier molecular flexibility index (Phi) is 8.13. The first-order valence-corrected chi connectivity index (χ1v) is 12.3. The van der Waals surface area contributed by atoms with E-state index in [4.69, 9.17) is 0 Å². The fourth-order valence-corrected chi connectivity index (χ4v) is 4.42. The van der Waals surface area contributed by atoms with E-state index >= 15 is 0 Å². The molecule has 8 nitrogen and oxygen atoms in total. The molecule has 1 aromatic heterocycles. The average molecular weight is 475 g/mol. The number of nitrogens with zero attached hydrogens (tertiary/aromatic N) is 3. The zero-order valence-electron chi connectivity index (χ0n) is 20.4. The Balaban J connectivity index is 1.44. The third kappa shape index (κ3) is 6.91. The van der Waals surface area contributed by atoms with Crippen molar-refractivity contribution < 1.29 is 9.90 Å². The molecule has 0 radical (unpaired) electrons. The van der Waals surface area contributed by atoms with Gasteiger partial charge in [0.25, 0.3) is 0 Å². The van der Waals surface area contributed by atoms with Crippen molar-refractivity contribution in [2.24, 2.45) is 11.8 Å². The van der Waals surface area contributed by atoms with E-state index in [0.717, 1.165) is 31.2 Å². The zero-order valence-corrected chi connectivity index (χ0v) is 20.4. The first-order valence-electron chi connectivity index (χ1n) is 12.3. The molecule has 4 N–H and O–H groups in total. The molecule has 0 aliphatic heterocycles. The minimum Gasteiger partial charge on any atom is -0.481 e. The van der Waals surface area contributed by atoms with Gasteiger partial charge in [-0.15, -0.1) is 0 Å². The minimum atomic E-state index is -0.678. The summed E-state index contributed by atoms with van der Waals surface area (Å²) in [5.41, 5.74) is 4.85. The molecule has 0 bridgehead atoms. The molecule has 0 spiro atoms. The number of aromatic nitrogens is 3. The van der Waals surface area contributed by atoms with Gasteiger partial charge in [-0.1, -0.05) is 48.5 Å². The smallest absolute Gasteiger partial charge is 0.306 e. The average Bonchev–Trinajstić information content (AvgIpc) is 2.88. The maximum atomic E-state index is 11.2. The summed E-state index contributed by atoms with van der Waals surface area (Å²) in [5, 5.41) is 19.3. The molecule has 1 aliphatic carbocycles. The van der Waals surface area contributed by atoms with Crippen molar-refractivity contribution >= 4 is 23.8 Å². The van der Waals surface area contributed by atoms with Crippen LogP contribution in [0.15, 0.2) is 48.5 Å². The van der Waals surface area contributed by atoms with Crippen LogP contribution in [0.3, 0.4) is 0 Å². The highest BCUT2D eigenvalue weighted by molar-refractivity contribution is 5.70. The van der Waals surface area contributed by atoms with Gasteiger partial charge in [0.2, 0.25) is 17.8 Å². The summed E-state index contributed by atoms with van der Waals surface area (Å²) in [6.45, 7) is 6.18. The Morgan fingerprint density at radius 1 is 0.829 bits per heavy atom. The van der Waals surface area contributed by atoms with Crippen molar-refractivity contribution in [1.29, 1.82) is 0 Å². The third-order valence-corrected chi connectivity index (χ3v) is 6.83. The molecule has 0 atom stereocenters. The Hall–Kier alpha value is -3.68. The summed E-state index contributed by atoms with van der Waals surface area (Å²) in [6.07, 6.45) is 3.24. The Labute approximate surface area is 206 Å². The van der Waals surface area contributed by atoms with Crippen LogP contribution in [0.1, 0.15) is 47.9 Å². The van der Waals surface area contributed by atoms with Gasteiger partial charge in [0, 0.05) is 19.6 Å². The summed E-state index contributed by atoms with van der Waals surface area (Å²) in [4.78, 5) is 25.0. The molecule has 8 heteroatoms. The van der Waals surface area contributed by atoms with Crippen LogP contribution in [0.4, 0.5) is 17.8 Å². The number of carbonyl (C=O) groups is 1. The largest absolute Gasteiger partial charge is 0.481 e. The van der Waals surface area contributed by atoms with E-state index in [-0.39, 0.29) is 5.92 Å². The van der Waals surface area contributed by atoms with Crippen LogP contribution in [0.5, 0.6) is 0 Å². The monoisotopic (exact) mass is 474 g/mol. The second kappa shape index (κ2) is 11.6. The van der Waals surface area contributed by atoms with E-state index in [2.05, 4.69) is 75.1 Å². The van der Waals surface area contributed by atoms with Crippen molar-refractivity contribution in [2.75, 3.05) is 22.5 Å². The van der Waals surface area contributed by atoms with Gasteiger partial charge in [-0.25, -0.2) is 0 Å². The van der Waals surface area contributed by atoms with Crippen LogP contribution in [-0.2, 0) is 17.9 Å². The minimum absolute atomic E-state index is 0.210. The number of aryl methyl sites for hydroxylation is 1. The van der Waals surface area contributed by atoms with Gasteiger partial charge in [0.05, 0.1) is 5.92 Å². The van der Waals surface area contributed by atoms with E-state index in [1.165, 1.54) is 16.7 Å². The van der Waals surface area contributed by atoms with Crippen molar-refractivity contribution in [3.63, 3.8) is 0 Å². The number of aliphatic carboxylic acids is 1. The first-order chi connectivity index (χ1) is 17.0. The molecule has 0 saturated heterocycles. The standard InChI is InChI=1S/C27H34N6O2/c1-18-7-6-10-23(19(18)2)17-30-27-32-25(28-15-20-8-4-3-5-9-20)31-26(33-27)29-16-21-11-13-22(14-12-21)24(34)35/h3-10,21-22H,11-17H2,1-2H3,(H,34,35)(H3,28,29,30,31,32,33). The predicted octanol–water partition coefficient (Wildman–Crippen LogP) is 5.02. The Morgan fingerprint density at radius 2 is 1.46 bits per heavy atom. The van der Waals surface area contributed by atoms with Crippen molar-refractivity contribution in [3.8, 4) is 0 Å². The van der Waals surface area contributed by atoms with E-state index in [1.807, 2.05) is 18.2 Å². The maximum absolute atomic E-state index is 11.2. The van der Waals surface area contributed by atoms with Gasteiger partial charge in [0.1, 0.15) is 0 Å². The van der Waals surface area contributed by atoms with Gasteiger partial charge < -0.3 is 21.1 Å². The number of rotatable bonds is 10. The highest BCUT2D eigenvalue weighted by Gasteiger charge is 2.25. The normalized spacial score (nSPS) is 17.5. The fraction of sp³-hybridized carbons (Fsp3) is 0.407. The summed E-state index contributed by atoms with van der Waals surface area (Å²) < 4.78 is 0. The lowest BCUT2D eigenvalue weighted by Crippen LogP contribution is -2.25. The molecule has 2 aromatic carbocycles. The van der Waals surface area contributed by atoms with Crippen LogP contribution in [-0.4, -0.2) is 32.6 Å². The van der Waals surface area contributed by atoms with Crippen LogP contribution in [0.2, 0.25) is 0 Å². The summed E-state index contributed by atoms with van der Waals surface area (Å²) in [5.74, 6) is 1.05. The summed E-state index contributed by atoms with van der Waals surface area (Å²) >= 11 is 0. The highest BCUT2D eigenvalue weighted by atomic mass is 16.4. The zero-order chi connectivity index (χ0) is 24.6. The van der Waals surface area contributed by atoms with Crippen molar-refractivity contribution in [2.45, 2.75) is 52.6 Å². The first kappa shape index (κ1) is 24.4. The summed E-state index contributed by atoms with van der Waals surface area (Å²) in [7, 11) is 0. The van der Waals surface area contributed by atoms with E-state index in [0.29, 0.717) is 43.4 Å². The van der Waals surface area contributed by atoms with Crippen LogP contribution in [0.25, 0.3) is 0 Å². The lowest BCUT2D eigenvalue weighted by Gasteiger charge is -2.26. The number of anilines is 3. The van der Waals surface area contributed by atoms with Crippen molar-refractivity contribution in [1.82, 2.24) is 15.0 Å². The second-order valence-electron chi connectivity index (χ2n) is 9.29. The molecular formula is C27H34N6O2. The number of benzene rings is 2. The lowest BCUT2D eigenvalue weighted by molar-refractivity contribution is -0.143. The number of carboxylic acids is 1. The summed E-state index contributed by atoms with van der Waals surface area (Å²) in [6, 6.07) is 16.4. The molecule has 4 rings (SSSR count). The van der Waals surface area contributed by atoms with Crippen molar-refractivity contribution in [3.05, 3.63) is 70.8 Å².